The molecule has 0 spiro atoms. The molecule has 0 aromatic heterocycles. The van der Waals surface area contributed by atoms with Gasteiger partial charge in [-0.25, -0.2) is 4.79 Å². The number of benzene rings is 1. The van der Waals surface area contributed by atoms with Crippen LogP contribution in [0.4, 0.5) is 4.79 Å². The highest BCUT2D eigenvalue weighted by atomic mass is 16.7. The highest BCUT2D eigenvalue weighted by Gasteiger charge is 2.19. The lowest BCUT2D eigenvalue weighted by molar-refractivity contribution is 0.114. The number of allylic oxidation sites excluding steroid dienone is 1. The largest absolute Gasteiger partial charge is 0.511 e. The minimum absolute atomic E-state index is 0.178. The zero-order valence-corrected chi connectivity index (χ0v) is 8.35. The molecule has 0 amide bonds. The number of carboxylic acid groups (broad SMARTS) is 1. The predicted molar refractivity (Wildman–Crippen MR) is 57.4 cm³/mol. The molecule has 0 saturated carbocycles. The Morgan fingerprint density at radius 2 is 2.07 bits per heavy atom. The predicted octanol–water partition coefficient (Wildman–Crippen LogP) is 3.20. The van der Waals surface area contributed by atoms with E-state index in [1.807, 2.05) is 30.3 Å². The normalized spacial score (nSPS) is 11.7. The highest BCUT2D eigenvalue weighted by molar-refractivity contribution is 5.58. The third kappa shape index (κ3) is 3.06. The minimum atomic E-state index is -1.34. The average Bonchev–Trinajstić information content (AvgIpc) is 2.19. The first-order chi connectivity index (χ1) is 7.15. The fraction of sp³-hybridized carbons (Fsp3) is 0.167. The maximum atomic E-state index is 10.4. The van der Waals surface area contributed by atoms with E-state index in [0.29, 0.717) is 6.42 Å². The van der Waals surface area contributed by atoms with E-state index in [4.69, 9.17) is 5.11 Å². The lowest BCUT2D eigenvalue weighted by atomic mass is 9.95. The van der Waals surface area contributed by atoms with Crippen LogP contribution in [0.5, 0.6) is 0 Å². The van der Waals surface area contributed by atoms with Crippen LogP contribution in [0.2, 0.25) is 0 Å². The van der Waals surface area contributed by atoms with Crippen molar-refractivity contribution in [2.45, 2.75) is 12.3 Å². The second kappa shape index (κ2) is 5.10. The summed E-state index contributed by atoms with van der Waals surface area (Å²) in [6, 6.07) is 9.45. The molecular weight excluding hydrogens is 192 g/mol. The Labute approximate surface area is 89.0 Å². The fourth-order valence-corrected chi connectivity index (χ4v) is 1.38. The van der Waals surface area contributed by atoms with Crippen LogP contribution in [0.25, 0.3) is 0 Å². The molecular formula is C12H13O3+. The number of hydrogen-bond donors (Lipinski definition) is 1. The van der Waals surface area contributed by atoms with E-state index in [2.05, 4.69) is 18.2 Å². The smallest absolute Gasteiger partial charge is 0.449 e. The molecule has 0 aliphatic heterocycles. The molecule has 1 atom stereocenters. The summed E-state index contributed by atoms with van der Waals surface area (Å²) >= 11 is 0. The lowest BCUT2D eigenvalue weighted by Crippen LogP contribution is -2.07. The van der Waals surface area contributed by atoms with Crippen LogP contribution in [0.3, 0.4) is 0 Å². The van der Waals surface area contributed by atoms with Gasteiger partial charge in [-0.1, -0.05) is 36.9 Å². The number of hydrogen-bond acceptors (Lipinski definition) is 2. The van der Waals surface area contributed by atoms with E-state index in [-0.39, 0.29) is 11.7 Å². The van der Waals surface area contributed by atoms with Crippen LogP contribution in [-0.2, 0) is 4.74 Å². The zero-order chi connectivity index (χ0) is 11.3. The summed E-state index contributed by atoms with van der Waals surface area (Å²) in [6.07, 6.45) is -0.828. The number of ether oxygens (including phenoxy) is 1. The number of carbonyl (C=O) groups is 1. The lowest BCUT2D eigenvalue weighted by Gasteiger charge is -2.13. The molecule has 0 aliphatic carbocycles. The van der Waals surface area contributed by atoms with Gasteiger partial charge in [0.25, 0.3) is 0 Å². The molecule has 1 N–H and O–H groups in total. The molecule has 0 radical (unpaired) electrons. The van der Waals surface area contributed by atoms with Crippen molar-refractivity contribution >= 4 is 6.16 Å². The van der Waals surface area contributed by atoms with Gasteiger partial charge >= 0.3 is 6.16 Å². The van der Waals surface area contributed by atoms with Gasteiger partial charge in [-0.05, 0) is 5.56 Å². The summed E-state index contributed by atoms with van der Waals surface area (Å²) in [7, 11) is 0. The Hall–Kier alpha value is -1.90. The van der Waals surface area contributed by atoms with Crippen molar-refractivity contribution in [2.75, 3.05) is 0 Å². The summed E-state index contributed by atoms with van der Waals surface area (Å²) in [5.41, 5.74) is 0.957. The molecule has 0 fully saturated rings. The molecule has 1 aromatic rings. The molecule has 0 heterocycles. The van der Waals surface area contributed by atoms with Crippen LogP contribution in [0.15, 0.2) is 42.7 Å². The first-order valence-corrected chi connectivity index (χ1v) is 4.59. The highest BCUT2D eigenvalue weighted by Crippen LogP contribution is 2.26. The summed E-state index contributed by atoms with van der Waals surface area (Å²) < 4.78 is 4.54. The van der Waals surface area contributed by atoms with Gasteiger partial charge in [-0.15, -0.1) is 0 Å². The van der Waals surface area contributed by atoms with E-state index < -0.39 is 6.16 Å². The van der Waals surface area contributed by atoms with Gasteiger partial charge in [0.05, 0.1) is 19.3 Å². The molecule has 1 aromatic carbocycles. The summed E-state index contributed by atoms with van der Waals surface area (Å²) in [5, 5.41) is 8.47. The zero-order valence-electron chi connectivity index (χ0n) is 8.35. The summed E-state index contributed by atoms with van der Waals surface area (Å²) in [6.45, 7) is 7.36. The monoisotopic (exact) mass is 205 g/mol. The van der Waals surface area contributed by atoms with Gasteiger partial charge in [-0.2, -0.15) is 0 Å². The molecule has 1 rings (SSSR count). The topological polar surface area (TPSA) is 46.5 Å². The molecule has 3 heteroatoms. The van der Waals surface area contributed by atoms with Gasteiger partial charge in [0.2, 0.25) is 0 Å². The maximum Gasteiger partial charge on any atom is 0.511 e. The summed E-state index contributed by atoms with van der Waals surface area (Å²) in [4.78, 5) is 10.4. The van der Waals surface area contributed by atoms with E-state index >= 15 is 0 Å². The van der Waals surface area contributed by atoms with E-state index in [9.17, 15) is 4.79 Å². The molecule has 3 nitrogen and oxygen atoms in total. The molecule has 15 heavy (non-hydrogen) atoms. The van der Waals surface area contributed by atoms with E-state index in [0.717, 1.165) is 5.56 Å². The van der Waals surface area contributed by atoms with Crippen LogP contribution < -0.4 is 0 Å². The average molecular weight is 205 g/mol. The molecule has 78 valence electrons. The first kappa shape index (κ1) is 11.2. The maximum absolute atomic E-state index is 10.4. The van der Waals surface area contributed by atoms with Crippen molar-refractivity contribution in [2.24, 2.45) is 0 Å². The quantitative estimate of drug-likeness (QED) is 0.466. The molecule has 0 aliphatic rings. The third-order valence-corrected chi connectivity index (χ3v) is 2.10. The van der Waals surface area contributed by atoms with Crippen molar-refractivity contribution in [3.05, 3.63) is 55.2 Å². The van der Waals surface area contributed by atoms with Crippen LogP contribution in [0.1, 0.15) is 17.9 Å². The molecule has 0 bridgehead atoms. The standard InChI is InChI=1S/C12H12O3/c1-3-11(9(2)15-12(13)14)10-7-5-4-6-8-10/h4-8,11H,1-3H2/p+1. The Morgan fingerprint density at radius 1 is 1.47 bits per heavy atom. The molecule has 1 unspecified atom stereocenters. The Balaban J connectivity index is 2.80. The van der Waals surface area contributed by atoms with Crippen molar-refractivity contribution in [3.63, 3.8) is 0 Å². The van der Waals surface area contributed by atoms with Crippen molar-refractivity contribution < 1.29 is 14.6 Å². The fourth-order valence-electron chi connectivity index (χ4n) is 1.38. The second-order valence-corrected chi connectivity index (χ2v) is 3.09. The van der Waals surface area contributed by atoms with E-state index in [1.54, 1.807) is 0 Å². The van der Waals surface area contributed by atoms with Crippen molar-refractivity contribution in [3.8, 4) is 0 Å². The summed E-state index contributed by atoms with van der Waals surface area (Å²) in [5.74, 6) is 0.0333. The third-order valence-electron chi connectivity index (χ3n) is 2.10. The minimum Gasteiger partial charge on any atom is -0.449 e. The van der Waals surface area contributed by atoms with Crippen LogP contribution >= 0.6 is 0 Å². The van der Waals surface area contributed by atoms with Gasteiger partial charge in [-0.3, -0.25) is 0 Å². The van der Waals surface area contributed by atoms with Crippen LogP contribution in [0, 0.1) is 6.92 Å². The Kier molecular flexibility index (Phi) is 3.80. The van der Waals surface area contributed by atoms with Gasteiger partial charge < -0.3 is 9.84 Å². The van der Waals surface area contributed by atoms with Crippen molar-refractivity contribution in [1.29, 1.82) is 0 Å². The Morgan fingerprint density at radius 3 is 2.53 bits per heavy atom. The van der Waals surface area contributed by atoms with Crippen molar-refractivity contribution in [1.82, 2.24) is 0 Å². The van der Waals surface area contributed by atoms with Gasteiger partial charge in [0, 0.05) is 0 Å². The van der Waals surface area contributed by atoms with Crippen LogP contribution in [-0.4, -0.2) is 11.3 Å². The SMILES string of the molecule is C=C(OC(=O)O)C(C[CH2+])c1ccccc1. The van der Waals surface area contributed by atoms with Gasteiger partial charge in [0.15, 0.2) is 0 Å². The van der Waals surface area contributed by atoms with E-state index in [1.165, 1.54) is 0 Å². The molecule has 0 saturated heterocycles. The van der Waals surface area contributed by atoms with Gasteiger partial charge in [0.1, 0.15) is 5.76 Å². The second-order valence-electron chi connectivity index (χ2n) is 3.09. The first-order valence-electron chi connectivity index (χ1n) is 4.59. The number of rotatable bonds is 4. The Bertz CT molecular complexity index is 343.